The number of nitrogens with zero attached hydrogens (tertiary/aromatic N) is 7. The van der Waals surface area contributed by atoms with Crippen molar-refractivity contribution in [2.45, 2.75) is 12.6 Å². The molecule has 5 aromatic rings. The smallest absolute Gasteiger partial charge is 0.168 e. The molecule has 0 unspecified atom stereocenters. The maximum Gasteiger partial charge on any atom is 0.168 e. The molecule has 4 heterocycles. The fourth-order valence-electron chi connectivity index (χ4n) is 5.20. The number of carbonyl (C=O) groups is 1. The zero-order valence-electron chi connectivity index (χ0n) is 20.6. The fourth-order valence-corrected chi connectivity index (χ4v) is 5.20. The first-order valence-electron chi connectivity index (χ1n) is 12.6. The average Bonchev–Trinajstić information content (AvgIpc) is 3.62. The van der Waals surface area contributed by atoms with Crippen molar-refractivity contribution >= 4 is 16.9 Å². The van der Waals surface area contributed by atoms with Crippen molar-refractivity contribution in [3.63, 3.8) is 0 Å². The van der Waals surface area contributed by atoms with Crippen LogP contribution < -0.4 is 0 Å². The lowest BCUT2D eigenvalue weighted by Gasteiger charge is -2.39. The highest BCUT2D eigenvalue weighted by molar-refractivity contribution is 5.83. The van der Waals surface area contributed by atoms with Crippen molar-refractivity contribution in [1.82, 2.24) is 33.9 Å². The molecular weight excluding hydrogens is 462 g/mol. The van der Waals surface area contributed by atoms with Crippen molar-refractivity contribution < 1.29 is 4.79 Å². The average molecular weight is 492 g/mol. The van der Waals surface area contributed by atoms with E-state index >= 15 is 0 Å². The van der Waals surface area contributed by atoms with Gasteiger partial charge in [-0.25, -0.2) is 15.0 Å². The van der Waals surface area contributed by atoms with E-state index in [1.807, 2.05) is 33.7 Å². The topological polar surface area (TPSA) is 72.1 Å². The summed E-state index contributed by atoms with van der Waals surface area (Å²) in [5.41, 5.74) is 3.95. The molecule has 37 heavy (non-hydrogen) atoms. The van der Waals surface area contributed by atoms with Crippen LogP contribution in [0.3, 0.4) is 0 Å². The zero-order chi connectivity index (χ0) is 25.0. The Kier molecular flexibility index (Phi) is 6.58. The number of aromatic nitrogens is 5. The van der Waals surface area contributed by atoms with Crippen molar-refractivity contribution in [2.75, 3.05) is 32.7 Å². The number of hydrogen-bond donors (Lipinski definition) is 0. The van der Waals surface area contributed by atoms with E-state index in [1.165, 1.54) is 17.5 Å². The van der Waals surface area contributed by atoms with E-state index in [9.17, 15) is 4.79 Å². The number of carbonyl (C=O) groups excluding carboxylic acids is 1. The van der Waals surface area contributed by atoms with Crippen molar-refractivity contribution in [2.24, 2.45) is 0 Å². The molecule has 1 saturated heterocycles. The maximum absolute atomic E-state index is 13.0. The minimum atomic E-state index is 0.150. The van der Waals surface area contributed by atoms with Gasteiger partial charge in [0, 0.05) is 38.6 Å². The van der Waals surface area contributed by atoms with Gasteiger partial charge in [0.1, 0.15) is 6.33 Å². The third kappa shape index (κ3) is 4.94. The summed E-state index contributed by atoms with van der Waals surface area (Å²) in [4.78, 5) is 31.1. The first-order chi connectivity index (χ1) is 18.3. The van der Waals surface area contributed by atoms with Crippen LogP contribution in [-0.2, 0) is 11.3 Å². The molecule has 8 nitrogen and oxygen atoms in total. The van der Waals surface area contributed by atoms with Crippen LogP contribution in [0.25, 0.3) is 17.0 Å². The number of rotatable bonds is 8. The lowest BCUT2D eigenvalue weighted by atomic mass is 9.96. The van der Waals surface area contributed by atoms with Gasteiger partial charge in [-0.3, -0.25) is 14.6 Å². The van der Waals surface area contributed by atoms with Gasteiger partial charge in [-0.15, -0.1) is 0 Å². The molecule has 1 aliphatic rings. The molecule has 0 spiro atoms. The van der Waals surface area contributed by atoms with Gasteiger partial charge in [0.15, 0.2) is 22.8 Å². The molecule has 0 bridgehead atoms. The number of hydrogen-bond acceptors (Lipinski definition) is 6. The zero-order valence-corrected chi connectivity index (χ0v) is 20.6. The van der Waals surface area contributed by atoms with Gasteiger partial charge < -0.3 is 9.13 Å². The van der Waals surface area contributed by atoms with Crippen LogP contribution in [-0.4, -0.2) is 72.4 Å². The number of ketones is 1. The van der Waals surface area contributed by atoms with Gasteiger partial charge in [-0.2, -0.15) is 0 Å². The van der Waals surface area contributed by atoms with E-state index in [0.717, 1.165) is 26.2 Å². The Labute approximate surface area is 215 Å². The molecule has 186 valence electrons. The highest BCUT2D eigenvalue weighted by Gasteiger charge is 2.27. The normalized spacial score (nSPS) is 14.9. The second kappa shape index (κ2) is 10.5. The van der Waals surface area contributed by atoms with E-state index in [2.05, 4.69) is 85.4 Å². The van der Waals surface area contributed by atoms with Crippen molar-refractivity contribution in [3.05, 3.63) is 109 Å². The molecule has 0 saturated carbocycles. The Morgan fingerprint density at radius 1 is 0.757 bits per heavy atom. The summed E-state index contributed by atoms with van der Waals surface area (Å²) in [5, 5.41) is 0. The molecule has 3 aromatic heterocycles. The molecule has 6 rings (SSSR count). The summed E-state index contributed by atoms with van der Waals surface area (Å²) in [7, 11) is 0. The van der Waals surface area contributed by atoms with Gasteiger partial charge >= 0.3 is 0 Å². The van der Waals surface area contributed by atoms with Crippen molar-refractivity contribution in [1.29, 1.82) is 0 Å². The minimum Gasteiger partial charge on any atom is -0.308 e. The van der Waals surface area contributed by atoms with Crippen molar-refractivity contribution in [3.8, 4) is 5.82 Å². The van der Waals surface area contributed by atoms with Crippen LogP contribution in [0.4, 0.5) is 0 Å². The molecule has 0 atom stereocenters. The maximum atomic E-state index is 13.0. The van der Waals surface area contributed by atoms with E-state index in [1.54, 1.807) is 6.33 Å². The first kappa shape index (κ1) is 23.3. The second-order valence-electron chi connectivity index (χ2n) is 9.41. The lowest BCUT2D eigenvalue weighted by Crippen LogP contribution is -2.49. The molecular formula is C29H29N7O. The van der Waals surface area contributed by atoms with Crippen LogP contribution in [0.2, 0.25) is 0 Å². The largest absolute Gasteiger partial charge is 0.308 e. The molecule has 1 aliphatic heterocycles. The highest BCUT2D eigenvalue weighted by atomic mass is 16.1. The predicted molar refractivity (Wildman–Crippen MR) is 142 cm³/mol. The summed E-state index contributed by atoms with van der Waals surface area (Å²) in [6.45, 7) is 4.19. The van der Waals surface area contributed by atoms with E-state index in [0.29, 0.717) is 23.5 Å². The van der Waals surface area contributed by atoms with Gasteiger partial charge in [0.2, 0.25) is 0 Å². The molecule has 1 fully saturated rings. The van der Waals surface area contributed by atoms with E-state index in [4.69, 9.17) is 0 Å². The standard InChI is InChI=1S/C29H29N7O/c37-25(20-36-22-32-26-28(30-21-31-29(26)36)35-13-7-8-14-35)19-33-15-17-34(18-16-33)27(23-9-3-1-4-10-23)24-11-5-2-6-12-24/h1-14,21-22,27H,15-20H2. The Balaban J connectivity index is 1.11. The molecule has 0 radical (unpaired) electrons. The van der Waals surface area contributed by atoms with Gasteiger partial charge in [0.25, 0.3) is 0 Å². The number of fused-ring (bicyclic) bond motifs is 1. The van der Waals surface area contributed by atoms with Crippen LogP contribution in [0.5, 0.6) is 0 Å². The third-order valence-electron chi connectivity index (χ3n) is 6.98. The molecule has 2 aromatic carbocycles. The van der Waals surface area contributed by atoms with Crippen LogP contribution in [0.1, 0.15) is 17.2 Å². The predicted octanol–water partition coefficient (Wildman–Crippen LogP) is 3.59. The fraction of sp³-hybridized carbons (Fsp3) is 0.241. The quantitative estimate of drug-likeness (QED) is 0.330. The third-order valence-corrected chi connectivity index (χ3v) is 6.98. The Morgan fingerprint density at radius 2 is 1.41 bits per heavy atom. The second-order valence-corrected chi connectivity index (χ2v) is 9.41. The molecule has 0 aliphatic carbocycles. The monoisotopic (exact) mass is 491 g/mol. The first-order valence-corrected chi connectivity index (χ1v) is 12.6. The molecule has 8 heteroatoms. The lowest BCUT2D eigenvalue weighted by molar-refractivity contribution is -0.121. The minimum absolute atomic E-state index is 0.150. The van der Waals surface area contributed by atoms with Gasteiger partial charge in [-0.05, 0) is 23.3 Å². The summed E-state index contributed by atoms with van der Waals surface area (Å²) in [6.07, 6.45) is 7.05. The van der Waals surface area contributed by atoms with Crippen LogP contribution >= 0.6 is 0 Å². The van der Waals surface area contributed by atoms with E-state index < -0.39 is 0 Å². The Bertz CT molecular complexity index is 1420. The summed E-state index contributed by atoms with van der Waals surface area (Å²) in [5.74, 6) is 0.861. The number of benzene rings is 2. The van der Waals surface area contributed by atoms with E-state index in [-0.39, 0.29) is 18.4 Å². The van der Waals surface area contributed by atoms with Crippen LogP contribution in [0, 0.1) is 0 Å². The number of imidazole rings is 1. The highest BCUT2D eigenvalue weighted by Crippen LogP contribution is 2.29. The Hall–Kier alpha value is -4.14. The molecule has 0 N–H and O–H groups in total. The van der Waals surface area contributed by atoms with Gasteiger partial charge in [-0.1, -0.05) is 60.7 Å². The van der Waals surface area contributed by atoms with Crippen LogP contribution in [0.15, 0.2) is 97.8 Å². The summed E-state index contributed by atoms with van der Waals surface area (Å²) >= 11 is 0. The molecule has 0 amide bonds. The SMILES string of the molecule is O=C(CN1CCN(C(c2ccccc2)c2ccccc2)CC1)Cn1cnc2c(-n3cccc3)ncnc21. The summed E-state index contributed by atoms with van der Waals surface area (Å²) in [6, 6.07) is 25.4. The Morgan fingerprint density at radius 3 is 2.05 bits per heavy atom. The van der Waals surface area contributed by atoms with Gasteiger partial charge in [0.05, 0.1) is 25.5 Å². The summed E-state index contributed by atoms with van der Waals surface area (Å²) < 4.78 is 3.73. The number of piperazine rings is 1. The number of Topliss-reactive ketones (excluding diaryl/α,β-unsaturated/α-hetero) is 1.